The molecule has 42 heavy (non-hydrogen) atoms. The van der Waals surface area contributed by atoms with Gasteiger partial charge in [0, 0.05) is 18.0 Å². The van der Waals surface area contributed by atoms with Crippen LogP contribution in [0.2, 0.25) is 0 Å². The van der Waals surface area contributed by atoms with Crippen LogP contribution in [-0.4, -0.2) is 54.7 Å². The summed E-state index contributed by atoms with van der Waals surface area (Å²) in [4.78, 5) is 28.5. The van der Waals surface area contributed by atoms with E-state index in [1.165, 1.54) is 18.9 Å². The third-order valence-electron chi connectivity index (χ3n) is 7.35. The van der Waals surface area contributed by atoms with E-state index in [1.54, 1.807) is 32.9 Å². The first kappa shape index (κ1) is 33.5. The Bertz CT molecular complexity index is 1260. The standard InChI is InChI=1S/C30H43FN3O7P/c1-5-39-27(36)17-32-42(38,33-18-28(37)40-6-2)19-41-26-15-20(3)24(21(4)29(26)31)16-23-13-14-25(35)30(34-23)22-11-9-7-8-10-12-22/h13-15,22,35H,5-12,16-19H2,1-4H3,(H2,32,33,38). The van der Waals surface area contributed by atoms with Crippen molar-refractivity contribution < 1.29 is 37.9 Å². The minimum absolute atomic E-state index is 0.109. The number of halogens is 1. The molecule has 2 aromatic rings. The van der Waals surface area contributed by atoms with Crippen LogP contribution in [-0.2, 0) is 30.0 Å². The summed E-state index contributed by atoms with van der Waals surface area (Å²) in [6, 6.07) is 4.97. The Labute approximate surface area is 247 Å². The molecule has 0 unspecified atom stereocenters. The van der Waals surface area contributed by atoms with Gasteiger partial charge in [-0.05, 0) is 75.4 Å². The van der Waals surface area contributed by atoms with Gasteiger partial charge in [-0.25, -0.2) is 14.6 Å². The second-order valence-corrected chi connectivity index (χ2v) is 12.8. The maximum absolute atomic E-state index is 15.6. The Morgan fingerprint density at radius 1 is 1.02 bits per heavy atom. The van der Waals surface area contributed by atoms with Gasteiger partial charge in [-0.3, -0.25) is 19.1 Å². The predicted octanol–water partition coefficient (Wildman–Crippen LogP) is 5.41. The monoisotopic (exact) mass is 607 g/mol. The summed E-state index contributed by atoms with van der Waals surface area (Å²) in [6.07, 6.45) is 6.45. The number of aryl methyl sites for hydroxylation is 1. The number of aromatic hydroxyl groups is 1. The van der Waals surface area contributed by atoms with Crippen LogP contribution in [0.15, 0.2) is 18.2 Å². The summed E-state index contributed by atoms with van der Waals surface area (Å²) in [5.41, 5.74) is 3.32. The van der Waals surface area contributed by atoms with Gasteiger partial charge in [0.15, 0.2) is 17.9 Å². The Kier molecular flexibility index (Phi) is 12.8. The Morgan fingerprint density at radius 3 is 2.19 bits per heavy atom. The second-order valence-electron chi connectivity index (χ2n) is 10.5. The molecule has 10 nitrogen and oxygen atoms in total. The summed E-state index contributed by atoms with van der Waals surface area (Å²) < 4.78 is 44.5. The van der Waals surface area contributed by atoms with Crippen molar-refractivity contribution in [3.63, 3.8) is 0 Å². The van der Waals surface area contributed by atoms with Crippen LogP contribution in [0.3, 0.4) is 0 Å². The molecule has 0 radical (unpaired) electrons. The third-order valence-corrected chi connectivity index (χ3v) is 9.18. The fraction of sp³-hybridized carbons (Fsp3) is 0.567. The maximum atomic E-state index is 15.6. The quantitative estimate of drug-likeness (QED) is 0.145. The Morgan fingerprint density at radius 2 is 1.62 bits per heavy atom. The number of carbonyl (C=O) groups is 2. The summed E-state index contributed by atoms with van der Waals surface area (Å²) in [7, 11) is -3.71. The van der Waals surface area contributed by atoms with Crippen molar-refractivity contribution in [3.05, 3.63) is 52.1 Å². The molecule has 1 aliphatic carbocycles. The van der Waals surface area contributed by atoms with Crippen LogP contribution in [0.5, 0.6) is 11.5 Å². The summed E-state index contributed by atoms with van der Waals surface area (Å²) in [5, 5.41) is 15.7. The minimum atomic E-state index is -3.71. The first-order valence-corrected chi connectivity index (χ1v) is 16.5. The van der Waals surface area contributed by atoms with Crippen molar-refractivity contribution in [1.82, 2.24) is 15.2 Å². The second kappa shape index (κ2) is 16.0. The fourth-order valence-corrected chi connectivity index (χ4v) is 6.48. The third kappa shape index (κ3) is 9.51. The first-order chi connectivity index (χ1) is 20.1. The van der Waals surface area contributed by atoms with Crippen molar-refractivity contribution in [2.75, 3.05) is 32.7 Å². The molecule has 0 atom stereocenters. The van der Waals surface area contributed by atoms with E-state index in [0.717, 1.165) is 42.5 Å². The zero-order chi connectivity index (χ0) is 30.7. The van der Waals surface area contributed by atoms with Gasteiger partial charge in [0.25, 0.3) is 0 Å². The molecule has 3 rings (SSSR count). The molecule has 0 amide bonds. The molecule has 1 aromatic carbocycles. The summed E-state index contributed by atoms with van der Waals surface area (Å²) in [6.45, 7) is 6.27. The number of carbonyl (C=O) groups excluding carboxylic acids is 2. The molecule has 1 fully saturated rings. The van der Waals surface area contributed by atoms with Gasteiger partial charge in [0.05, 0.1) is 18.9 Å². The van der Waals surface area contributed by atoms with Gasteiger partial charge in [-0.2, -0.15) is 0 Å². The lowest BCUT2D eigenvalue weighted by molar-refractivity contribution is -0.142. The van der Waals surface area contributed by atoms with Crippen LogP contribution in [0.1, 0.15) is 86.4 Å². The highest BCUT2D eigenvalue weighted by molar-refractivity contribution is 7.59. The largest absolute Gasteiger partial charge is 0.506 e. The van der Waals surface area contributed by atoms with E-state index in [2.05, 4.69) is 10.2 Å². The maximum Gasteiger partial charge on any atom is 0.320 e. The highest BCUT2D eigenvalue weighted by Crippen LogP contribution is 2.38. The van der Waals surface area contributed by atoms with E-state index in [-0.39, 0.29) is 30.6 Å². The molecule has 3 N–H and O–H groups in total. The number of benzene rings is 1. The average Bonchev–Trinajstić information content (AvgIpc) is 3.25. The normalized spacial score (nSPS) is 14.3. The van der Waals surface area contributed by atoms with Crippen LogP contribution in [0.25, 0.3) is 0 Å². The van der Waals surface area contributed by atoms with E-state index in [9.17, 15) is 19.3 Å². The lowest BCUT2D eigenvalue weighted by atomic mass is 9.94. The van der Waals surface area contributed by atoms with E-state index >= 15 is 4.39 Å². The van der Waals surface area contributed by atoms with E-state index in [0.29, 0.717) is 17.7 Å². The van der Waals surface area contributed by atoms with Crippen LogP contribution in [0, 0.1) is 19.7 Å². The van der Waals surface area contributed by atoms with Crippen LogP contribution in [0.4, 0.5) is 4.39 Å². The van der Waals surface area contributed by atoms with Crippen LogP contribution >= 0.6 is 7.44 Å². The number of nitrogens with zero attached hydrogens (tertiary/aromatic N) is 1. The lowest BCUT2D eigenvalue weighted by Gasteiger charge is -2.22. The molecule has 12 heteroatoms. The molecule has 0 bridgehead atoms. The number of esters is 2. The molecule has 0 aliphatic heterocycles. The van der Waals surface area contributed by atoms with E-state index < -0.39 is 44.6 Å². The number of aromatic nitrogens is 1. The SMILES string of the molecule is CCOC(=O)CNP(=O)(COc1cc(C)c(Cc2ccc(O)c(C3CCCCCC3)n2)c(C)c1F)NCC(=O)OCC. The minimum Gasteiger partial charge on any atom is -0.506 e. The number of rotatable bonds is 14. The van der Waals surface area contributed by atoms with E-state index in [4.69, 9.17) is 19.2 Å². The molecular formula is C30H43FN3O7P. The highest BCUT2D eigenvalue weighted by atomic mass is 31.2. The summed E-state index contributed by atoms with van der Waals surface area (Å²) in [5.74, 6) is -1.58. The van der Waals surface area contributed by atoms with Gasteiger partial charge in [-0.15, -0.1) is 0 Å². The molecule has 1 heterocycles. The van der Waals surface area contributed by atoms with Crippen LogP contribution < -0.4 is 14.9 Å². The van der Waals surface area contributed by atoms with Gasteiger partial charge in [-0.1, -0.05) is 25.7 Å². The molecule has 1 saturated carbocycles. The average molecular weight is 608 g/mol. The topological polar surface area (TPSA) is 136 Å². The van der Waals surface area contributed by atoms with Crippen molar-refractivity contribution >= 4 is 19.4 Å². The van der Waals surface area contributed by atoms with Gasteiger partial charge in [0.1, 0.15) is 18.8 Å². The van der Waals surface area contributed by atoms with Crippen molar-refractivity contribution in [1.29, 1.82) is 0 Å². The van der Waals surface area contributed by atoms with Gasteiger partial charge in [0.2, 0.25) is 7.44 Å². The molecule has 232 valence electrons. The molecule has 0 saturated heterocycles. The van der Waals surface area contributed by atoms with Gasteiger partial charge < -0.3 is 19.3 Å². The first-order valence-electron chi connectivity index (χ1n) is 14.6. The molecule has 1 aromatic heterocycles. The predicted molar refractivity (Wildman–Crippen MR) is 157 cm³/mol. The van der Waals surface area contributed by atoms with E-state index in [1.807, 2.05) is 6.92 Å². The smallest absolute Gasteiger partial charge is 0.320 e. The molecular weight excluding hydrogens is 564 g/mol. The molecule has 0 spiro atoms. The summed E-state index contributed by atoms with van der Waals surface area (Å²) >= 11 is 0. The molecule has 1 aliphatic rings. The highest BCUT2D eigenvalue weighted by Gasteiger charge is 2.27. The number of hydrogen-bond donors (Lipinski definition) is 3. The van der Waals surface area contributed by atoms with Crippen molar-refractivity contribution in [3.8, 4) is 11.5 Å². The van der Waals surface area contributed by atoms with Crippen molar-refractivity contribution in [2.45, 2.75) is 78.6 Å². The number of nitrogens with one attached hydrogen (secondary N) is 2. The Hall–Kier alpha value is -3.01. The Balaban J connectivity index is 1.77. The fourth-order valence-electron chi connectivity index (χ4n) is 5.10. The van der Waals surface area contributed by atoms with Gasteiger partial charge >= 0.3 is 11.9 Å². The number of hydrogen-bond acceptors (Lipinski definition) is 8. The zero-order valence-electron chi connectivity index (χ0n) is 25.0. The number of pyridine rings is 1. The zero-order valence-corrected chi connectivity index (χ0v) is 25.9. The number of ether oxygens (including phenoxy) is 3. The lowest BCUT2D eigenvalue weighted by Crippen LogP contribution is -2.34. The van der Waals surface area contributed by atoms with Crippen molar-refractivity contribution in [2.24, 2.45) is 0 Å².